The van der Waals surface area contributed by atoms with Gasteiger partial charge in [0.2, 0.25) is 0 Å². The Morgan fingerprint density at radius 1 is 1.37 bits per heavy atom. The molecule has 0 radical (unpaired) electrons. The summed E-state index contributed by atoms with van der Waals surface area (Å²) in [5, 5.41) is 1.10. The van der Waals surface area contributed by atoms with Crippen LogP contribution in [-0.4, -0.2) is 22.6 Å². The molecule has 1 heterocycles. The zero-order chi connectivity index (χ0) is 13.5. The molecular weight excluding hydrogens is 244 g/mol. The standard InChI is InChI=1S/C13H16N4O2/c14-13(18)17(12-6-2-1-3-7-12)19-8-4-5-11-9-15-10-16-11/h1-3,6-7,9-10H,4-5,8H2,(H2,14,18)(H,15,16). The second-order valence-corrected chi connectivity index (χ2v) is 3.98. The molecule has 2 amide bonds. The van der Waals surface area contributed by atoms with Gasteiger partial charge in [-0.15, -0.1) is 0 Å². The highest BCUT2D eigenvalue weighted by atomic mass is 16.7. The molecule has 0 aliphatic rings. The molecule has 0 bridgehead atoms. The topological polar surface area (TPSA) is 84.2 Å². The number of para-hydroxylation sites is 1. The third kappa shape index (κ3) is 3.82. The maximum atomic E-state index is 11.3. The minimum atomic E-state index is -0.632. The van der Waals surface area contributed by atoms with Crippen molar-refractivity contribution in [3.8, 4) is 0 Å². The summed E-state index contributed by atoms with van der Waals surface area (Å²) in [6.07, 6.45) is 4.97. The van der Waals surface area contributed by atoms with Crippen LogP contribution in [0.25, 0.3) is 0 Å². The SMILES string of the molecule is NC(=O)N(OCCCc1cnc[nH]1)c1ccccc1. The number of H-pyrrole nitrogens is 1. The van der Waals surface area contributed by atoms with Crippen molar-refractivity contribution in [1.29, 1.82) is 0 Å². The lowest BCUT2D eigenvalue weighted by atomic mass is 10.3. The van der Waals surface area contributed by atoms with Crippen molar-refractivity contribution in [1.82, 2.24) is 9.97 Å². The van der Waals surface area contributed by atoms with E-state index in [0.29, 0.717) is 12.3 Å². The number of hydrogen-bond donors (Lipinski definition) is 2. The van der Waals surface area contributed by atoms with Crippen molar-refractivity contribution in [3.63, 3.8) is 0 Å². The minimum Gasteiger partial charge on any atom is -0.349 e. The molecule has 0 saturated carbocycles. The number of anilines is 1. The summed E-state index contributed by atoms with van der Waals surface area (Å²) < 4.78 is 0. The highest BCUT2D eigenvalue weighted by Gasteiger charge is 2.12. The molecule has 0 aliphatic heterocycles. The number of aromatic nitrogens is 2. The average molecular weight is 260 g/mol. The zero-order valence-electron chi connectivity index (χ0n) is 10.5. The number of rotatable bonds is 6. The van der Waals surface area contributed by atoms with E-state index in [1.54, 1.807) is 24.7 Å². The number of hydroxylamine groups is 1. The van der Waals surface area contributed by atoms with Crippen molar-refractivity contribution in [2.24, 2.45) is 5.73 Å². The van der Waals surface area contributed by atoms with Gasteiger partial charge in [0.05, 0.1) is 18.6 Å². The first-order valence-corrected chi connectivity index (χ1v) is 6.02. The van der Waals surface area contributed by atoms with E-state index in [1.165, 1.54) is 0 Å². The Bertz CT molecular complexity index is 499. The molecule has 2 aromatic rings. The highest BCUT2D eigenvalue weighted by molar-refractivity contribution is 5.88. The van der Waals surface area contributed by atoms with Crippen LogP contribution in [0.1, 0.15) is 12.1 Å². The number of hydrogen-bond acceptors (Lipinski definition) is 3. The molecule has 19 heavy (non-hydrogen) atoms. The fourth-order valence-electron chi connectivity index (χ4n) is 1.67. The van der Waals surface area contributed by atoms with Crippen LogP contribution in [0.15, 0.2) is 42.9 Å². The van der Waals surface area contributed by atoms with Crippen molar-refractivity contribution >= 4 is 11.7 Å². The first-order chi connectivity index (χ1) is 9.27. The number of aryl methyl sites for hydroxylation is 1. The zero-order valence-corrected chi connectivity index (χ0v) is 10.5. The monoisotopic (exact) mass is 260 g/mol. The van der Waals surface area contributed by atoms with Crippen LogP contribution in [0.2, 0.25) is 0 Å². The van der Waals surface area contributed by atoms with Gasteiger partial charge in [0, 0.05) is 11.9 Å². The van der Waals surface area contributed by atoms with E-state index in [4.69, 9.17) is 10.6 Å². The van der Waals surface area contributed by atoms with Gasteiger partial charge in [-0.25, -0.2) is 9.78 Å². The molecule has 0 fully saturated rings. The first kappa shape index (κ1) is 13.1. The van der Waals surface area contributed by atoms with E-state index in [1.807, 2.05) is 18.2 Å². The second kappa shape index (κ2) is 6.55. The smallest absolute Gasteiger partial charge is 0.343 e. The van der Waals surface area contributed by atoms with Crippen LogP contribution >= 0.6 is 0 Å². The van der Waals surface area contributed by atoms with Crippen LogP contribution in [0.3, 0.4) is 0 Å². The van der Waals surface area contributed by atoms with Gasteiger partial charge in [0.1, 0.15) is 0 Å². The lowest BCUT2D eigenvalue weighted by Gasteiger charge is -2.19. The summed E-state index contributed by atoms with van der Waals surface area (Å²) in [5.41, 5.74) is 6.95. The fourth-order valence-corrected chi connectivity index (χ4v) is 1.67. The number of benzene rings is 1. The molecule has 0 unspecified atom stereocenters. The molecule has 0 aliphatic carbocycles. The third-order valence-electron chi connectivity index (χ3n) is 2.56. The Balaban J connectivity index is 1.83. The number of amides is 2. The van der Waals surface area contributed by atoms with Crippen molar-refractivity contribution in [2.75, 3.05) is 11.7 Å². The number of carbonyl (C=O) groups is 1. The number of nitrogens with one attached hydrogen (secondary N) is 1. The Kier molecular flexibility index (Phi) is 4.52. The van der Waals surface area contributed by atoms with Gasteiger partial charge >= 0.3 is 6.03 Å². The van der Waals surface area contributed by atoms with Crippen molar-refractivity contribution in [3.05, 3.63) is 48.5 Å². The Labute approximate surface area is 111 Å². The molecule has 1 aromatic carbocycles. The number of nitrogens with zero attached hydrogens (tertiary/aromatic N) is 2. The number of carbonyl (C=O) groups excluding carboxylic acids is 1. The average Bonchev–Trinajstić information content (AvgIpc) is 2.92. The van der Waals surface area contributed by atoms with E-state index >= 15 is 0 Å². The van der Waals surface area contributed by atoms with Gasteiger partial charge < -0.3 is 10.7 Å². The lowest BCUT2D eigenvalue weighted by Crippen LogP contribution is -2.36. The summed E-state index contributed by atoms with van der Waals surface area (Å²) in [4.78, 5) is 23.7. The van der Waals surface area contributed by atoms with E-state index < -0.39 is 6.03 Å². The molecule has 6 nitrogen and oxygen atoms in total. The summed E-state index contributed by atoms with van der Waals surface area (Å²) in [6, 6.07) is 8.39. The molecule has 6 heteroatoms. The van der Waals surface area contributed by atoms with E-state index in [0.717, 1.165) is 23.6 Å². The normalized spacial score (nSPS) is 10.3. The largest absolute Gasteiger partial charge is 0.349 e. The van der Waals surface area contributed by atoms with Gasteiger partial charge in [-0.3, -0.25) is 4.84 Å². The van der Waals surface area contributed by atoms with Crippen LogP contribution in [0, 0.1) is 0 Å². The van der Waals surface area contributed by atoms with Crippen molar-refractivity contribution in [2.45, 2.75) is 12.8 Å². The summed E-state index contributed by atoms with van der Waals surface area (Å²) in [5.74, 6) is 0. The molecule has 0 spiro atoms. The maximum absolute atomic E-state index is 11.3. The van der Waals surface area contributed by atoms with E-state index in [-0.39, 0.29) is 0 Å². The maximum Gasteiger partial charge on any atom is 0.343 e. The predicted octanol–water partition coefficient (Wildman–Crippen LogP) is 1.86. The van der Waals surface area contributed by atoms with Gasteiger partial charge in [0.25, 0.3) is 0 Å². The summed E-state index contributed by atoms with van der Waals surface area (Å²) in [6.45, 7) is 0.400. The number of aromatic amines is 1. The first-order valence-electron chi connectivity index (χ1n) is 6.02. The van der Waals surface area contributed by atoms with Gasteiger partial charge in [0.15, 0.2) is 0 Å². The number of imidazole rings is 1. The molecular formula is C13H16N4O2. The van der Waals surface area contributed by atoms with Gasteiger partial charge in [-0.1, -0.05) is 18.2 Å². The molecule has 1 aromatic heterocycles. The fraction of sp³-hybridized carbons (Fsp3) is 0.231. The predicted molar refractivity (Wildman–Crippen MR) is 71.4 cm³/mol. The van der Waals surface area contributed by atoms with Gasteiger partial charge in [-0.05, 0) is 25.0 Å². The Hall–Kier alpha value is -2.34. The van der Waals surface area contributed by atoms with E-state index in [2.05, 4.69) is 9.97 Å². The van der Waals surface area contributed by atoms with E-state index in [9.17, 15) is 4.79 Å². The quantitative estimate of drug-likeness (QED) is 0.614. The van der Waals surface area contributed by atoms with Crippen LogP contribution in [-0.2, 0) is 11.3 Å². The van der Waals surface area contributed by atoms with Crippen molar-refractivity contribution < 1.29 is 9.63 Å². The molecule has 100 valence electrons. The number of urea groups is 1. The third-order valence-corrected chi connectivity index (χ3v) is 2.56. The Morgan fingerprint density at radius 3 is 2.79 bits per heavy atom. The van der Waals surface area contributed by atoms with Crippen LogP contribution in [0.4, 0.5) is 10.5 Å². The molecule has 2 rings (SSSR count). The molecule has 0 atom stereocenters. The van der Waals surface area contributed by atoms with Crippen LogP contribution in [0.5, 0.6) is 0 Å². The molecule has 3 N–H and O–H groups in total. The summed E-state index contributed by atoms with van der Waals surface area (Å²) in [7, 11) is 0. The van der Waals surface area contributed by atoms with Crippen LogP contribution < -0.4 is 10.8 Å². The minimum absolute atomic E-state index is 0.400. The number of primary amides is 1. The Morgan fingerprint density at radius 2 is 2.16 bits per heavy atom. The number of nitrogens with two attached hydrogens (primary N) is 1. The van der Waals surface area contributed by atoms with Gasteiger partial charge in [-0.2, -0.15) is 5.06 Å². The summed E-state index contributed by atoms with van der Waals surface area (Å²) >= 11 is 0. The highest BCUT2D eigenvalue weighted by Crippen LogP contribution is 2.13. The second-order valence-electron chi connectivity index (χ2n) is 3.98. The molecule has 0 saturated heterocycles. The lowest BCUT2D eigenvalue weighted by molar-refractivity contribution is 0.118.